The highest BCUT2D eigenvalue weighted by molar-refractivity contribution is 7.93. The Hall–Kier alpha value is -2.09. The third-order valence-electron chi connectivity index (χ3n) is 3.81. The number of hydrogen-bond acceptors (Lipinski definition) is 4. The van der Waals surface area contributed by atoms with Crippen LogP contribution in [-0.2, 0) is 14.8 Å². The maximum atomic E-state index is 12.2. The highest BCUT2D eigenvalue weighted by atomic mass is 32.2. The number of hydrogen-bond donors (Lipinski definition) is 2. The van der Waals surface area contributed by atoms with Gasteiger partial charge >= 0.3 is 0 Å². The lowest BCUT2D eigenvalue weighted by Gasteiger charge is -2.17. The molecule has 1 aliphatic heterocycles. The van der Waals surface area contributed by atoms with Crippen LogP contribution in [0.1, 0.15) is 37.0 Å². The Kier molecular flexibility index (Phi) is 5.82. The second-order valence-corrected chi connectivity index (χ2v) is 7.79. The minimum Gasteiger partial charge on any atom is -0.354 e. The molecule has 7 nitrogen and oxygen atoms in total. The largest absolute Gasteiger partial charge is 0.354 e. The molecule has 0 aromatic heterocycles. The van der Waals surface area contributed by atoms with E-state index in [9.17, 15) is 18.0 Å². The van der Waals surface area contributed by atoms with Gasteiger partial charge in [0.1, 0.15) is 6.04 Å². The average molecular weight is 353 g/mol. The molecule has 0 bridgehead atoms. The van der Waals surface area contributed by atoms with Crippen LogP contribution in [0.5, 0.6) is 0 Å². The average Bonchev–Trinajstić information content (AvgIpc) is 2.91. The van der Waals surface area contributed by atoms with Crippen LogP contribution < -0.4 is 14.9 Å². The molecule has 0 unspecified atom stereocenters. The fourth-order valence-corrected chi connectivity index (χ4v) is 4.02. The number of carbonyl (C=O) groups is 2. The zero-order chi connectivity index (χ0) is 17.7. The van der Waals surface area contributed by atoms with Crippen LogP contribution in [0, 0.1) is 0 Å². The van der Waals surface area contributed by atoms with Crippen molar-refractivity contribution in [1.29, 1.82) is 0 Å². The van der Waals surface area contributed by atoms with Gasteiger partial charge in [0, 0.05) is 18.7 Å². The van der Waals surface area contributed by atoms with E-state index >= 15 is 0 Å². The van der Waals surface area contributed by atoms with E-state index in [1.54, 1.807) is 31.2 Å². The SMILES string of the molecule is CCCNC(=O)[C@@H](C)NC(=O)c1ccc(N2CCCS2(=O)=O)cc1. The van der Waals surface area contributed by atoms with E-state index in [1.807, 2.05) is 6.92 Å². The molecule has 1 heterocycles. The fourth-order valence-electron chi connectivity index (χ4n) is 2.46. The van der Waals surface area contributed by atoms with Crippen LogP contribution >= 0.6 is 0 Å². The van der Waals surface area contributed by atoms with Crippen LogP contribution in [0.15, 0.2) is 24.3 Å². The number of amides is 2. The molecule has 132 valence electrons. The Morgan fingerprint density at radius 1 is 1.25 bits per heavy atom. The molecule has 1 atom stereocenters. The third kappa shape index (κ3) is 4.25. The molecule has 0 radical (unpaired) electrons. The van der Waals surface area contributed by atoms with Gasteiger partial charge < -0.3 is 10.6 Å². The van der Waals surface area contributed by atoms with Crippen molar-refractivity contribution in [3.63, 3.8) is 0 Å². The minimum atomic E-state index is -3.23. The summed E-state index contributed by atoms with van der Waals surface area (Å²) in [5.41, 5.74) is 0.934. The molecular weight excluding hydrogens is 330 g/mol. The molecule has 2 N–H and O–H groups in total. The van der Waals surface area contributed by atoms with E-state index in [4.69, 9.17) is 0 Å². The van der Waals surface area contributed by atoms with Gasteiger partial charge in [0.25, 0.3) is 5.91 Å². The number of sulfonamides is 1. The molecule has 1 aromatic carbocycles. The van der Waals surface area contributed by atoms with E-state index in [-0.39, 0.29) is 17.6 Å². The molecule has 1 saturated heterocycles. The standard InChI is InChI=1S/C16H23N3O4S/c1-3-9-17-15(20)12(2)18-16(21)13-5-7-14(8-6-13)19-10-4-11-24(19,22)23/h5-8,12H,3-4,9-11H2,1-2H3,(H,17,20)(H,18,21)/t12-/m1/s1. The molecule has 1 fully saturated rings. The lowest BCUT2D eigenvalue weighted by atomic mass is 10.1. The minimum absolute atomic E-state index is 0.152. The smallest absolute Gasteiger partial charge is 0.251 e. The molecule has 2 rings (SSSR count). The van der Waals surface area contributed by atoms with E-state index < -0.39 is 16.1 Å². The molecule has 0 saturated carbocycles. The first kappa shape index (κ1) is 18.3. The topological polar surface area (TPSA) is 95.6 Å². The van der Waals surface area contributed by atoms with E-state index in [2.05, 4.69) is 10.6 Å². The zero-order valence-corrected chi connectivity index (χ0v) is 14.7. The summed E-state index contributed by atoms with van der Waals surface area (Å²) in [6.07, 6.45) is 1.43. The van der Waals surface area contributed by atoms with Crippen molar-refractivity contribution in [2.45, 2.75) is 32.7 Å². The van der Waals surface area contributed by atoms with Gasteiger partial charge in [0.05, 0.1) is 11.4 Å². The quantitative estimate of drug-likeness (QED) is 0.793. The lowest BCUT2D eigenvalue weighted by molar-refractivity contribution is -0.122. The summed E-state index contributed by atoms with van der Waals surface area (Å²) < 4.78 is 25.1. The van der Waals surface area contributed by atoms with E-state index in [0.717, 1.165) is 6.42 Å². The van der Waals surface area contributed by atoms with Crippen molar-refractivity contribution in [2.24, 2.45) is 0 Å². The predicted molar refractivity (Wildman–Crippen MR) is 92.4 cm³/mol. The second kappa shape index (κ2) is 7.65. The number of benzene rings is 1. The Balaban J connectivity index is 2.00. The van der Waals surface area contributed by atoms with Gasteiger partial charge in [-0.25, -0.2) is 8.42 Å². The van der Waals surface area contributed by atoms with Crippen molar-refractivity contribution in [1.82, 2.24) is 10.6 Å². The number of nitrogens with zero attached hydrogens (tertiary/aromatic N) is 1. The Morgan fingerprint density at radius 3 is 2.46 bits per heavy atom. The normalized spacial score (nSPS) is 17.3. The van der Waals surface area contributed by atoms with Gasteiger partial charge in [-0.05, 0) is 44.0 Å². The van der Waals surface area contributed by atoms with Crippen LogP contribution in [0.4, 0.5) is 5.69 Å². The summed E-state index contributed by atoms with van der Waals surface area (Å²) in [5, 5.41) is 5.34. The van der Waals surface area contributed by atoms with Gasteiger partial charge in [-0.1, -0.05) is 6.92 Å². The Morgan fingerprint density at radius 2 is 1.92 bits per heavy atom. The van der Waals surface area contributed by atoms with Crippen molar-refractivity contribution in [3.05, 3.63) is 29.8 Å². The summed E-state index contributed by atoms with van der Waals surface area (Å²) in [6.45, 7) is 4.60. The first-order chi connectivity index (χ1) is 11.3. The van der Waals surface area contributed by atoms with Gasteiger partial charge in [0.2, 0.25) is 15.9 Å². The molecule has 2 amide bonds. The first-order valence-corrected chi connectivity index (χ1v) is 9.65. The number of nitrogens with one attached hydrogen (secondary N) is 2. The maximum Gasteiger partial charge on any atom is 0.251 e. The second-order valence-electron chi connectivity index (χ2n) is 5.77. The summed E-state index contributed by atoms with van der Waals surface area (Å²) in [6, 6.07) is 5.71. The maximum absolute atomic E-state index is 12.2. The molecule has 1 aromatic rings. The van der Waals surface area contributed by atoms with Gasteiger partial charge in [-0.2, -0.15) is 0 Å². The van der Waals surface area contributed by atoms with Crippen molar-refractivity contribution >= 4 is 27.5 Å². The van der Waals surface area contributed by atoms with Gasteiger partial charge in [0.15, 0.2) is 0 Å². The molecule has 1 aliphatic rings. The van der Waals surface area contributed by atoms with Crippen LogP contribution in [0.2, 0.25) is 0 Å². The third-order valence-corrected chi connectivity index (χ3v) is 5.68. The lowest BCUT2D eigenvalue weighted by Crippen LogP contribution is -2.45. The summed E-state index contributed by atoms with van der Waals surface area (Å²) in [5.74, 6) is -0.449. The predicted octanol–water partition coefficient (Wildman–Crippen LogP) is 0.871. The summed E-state index contributed by atoms with van der Waals surface area (Å²) in [4.78, 5) is 23.9. The highest BCUT2D eigenvalue weighted by Gasteiger charge is 2.28. The Labute approximate surface area is 142 Å². The molecule has 8 heteroatoms. The van der Waals surface area contributed by atoms with Gasteiger partial charge in [-0.3, -0.25) is 13.9 Å². The van der Waals surface area contributed by atoms with E-state index in [0.29, 0.717) is 30.8 Å². The van der Waals surface area contributed by atoms with Crippen molar-refractivity contribution in [3.8, 4) is 0 Å². The fraction of sp³-hybridized carbons (Fsp3) is 0.500. The van der Waals surface area contributed by atoms with Crippen LogP contribution in [0.25, 0.3) is 0 Å². The summed E-state index contributed by atoms with van der Waals surface area (Å²) in [7, 11) is -3.23. The molecule has 24 heavy (non-hydrogen) atoms. The summed E-state index contributed by atoms with van der Waals surface area (Å²) >= 11 is 0. The van der Waals surface area contributed by atoms with Crippen LogP contribution in [0.3, 0.4) is 0 Å². The van der Waals surface area contributed by atoms with E-state index in [1.165, 1.54) is 4.31 Å². The molecule has 0 aliphatic carbocycles. The van der Waals surface area contributed by atoms with Crippen molar-refractivity contribution < 1.29 is 18.0 Å². The van der Waals surface area contributed by atoms with Crippen LogP contribution in [-0.4, -0.2) is 45.1 Å². The number of anilines is 1. The monoisotopic (exact) mass is 353 g/mol. The Bertz CT molecular complexity index is 701. The first-order valence-electron chi connectivity index (χ1n) is 8.04. The molecular formula is C16H23N3O4S. The number of carbonyl (C=O) groups excluding carboxylic acids is 2. The number of rotatable bonds is 6. The molecule has 0 spiro atoms. The zero-order valence-electron chi connectivity index (χ0n) is 13.9. The van der Waals surface area contributed by atoms with Crippen molar-refractivity contribution in [2.75, 3.05) is 23.1 Å². The van der Waals surface area contributed by atoms with Gasteiger partial charge in [-0.15, -0.1) is 0 Å². The highest BCUT2D eigenvalue weighted by Crippen LogP contribution is 2.24.